The second-order valence-electron chi connectivity index (χ2n) is 9.62. The molecular weight excluding hydrogens is 612 g/mol. The second-order valence-corrected chi connectivity index (χ2v) is 13.2. The highest BCUT2D eigenvalue weighted by Gasteiger charge is 2.46. The summed E-state index contributed by atoms with van der Waals surface area (Å²) in [5, 5.41) is 33.8. The van der Waals surface area contributed by atoms with Crippen molar-refractivity contribution in [3.63, 3.8) is 0 Å². The summed E-state index contributed by atoms with van der Waals surface area (Å²) in [5.41, 5.74) is -0.189. The molecule has 0 aliphatic carbocycles. The molecule has 6 atom stereocenters. The van der Waals surface area contributed by atoms with E-state index in [2.05, 4.69) is 19.1 Å². The summed E-state index contributed by atoms with van der Waals surface area (Å²) in [5.74, 6) is -1.75. The zero-order valence-corrected chi connectivity index (χ0v) is 24.1. The number of ether oxygens (including phenoxy) is 1. The molecule has 0 radical (unpaired) electrons. The van der Waals surface area contributed by atoms with Gasteiger partial charge in [-0.2, -0.15) is 4.98 Å². The van der Waals surface area contributed by atoms with Crippen LogP contribution in [0, 0.1) is 0 Å². The van der Waals surface area contributed by atoms with Crippen molar-refractivity contribution >= 4 is 43.9 Å². The molecule has 18 heteroatoms. The molecule has 43 heavy (non-hydrogen) atoms. The fourth-order valence-electron chi connectivity index (χ4n) is 4.40. The number of fused-ring (bicyclic) bond motifs is 1. The number of phosphoric ester groups is 1. The van der Waals surface area contributed by atoms with Gasteiger partial charge in [0.15, 0.2) is 6.23 Å². The van der Waals surface area contributed by atoms with Gasteiger partial charge in [0.2, 0.25) is 5.91 Å². The molecule has 1 amide bonds. The number of hydrogen-bond acceptors (Lipinski definition) is 11. The Hall–Kier alpha value is -3.30. The molecule has 0 bridgehead atoms. The molecule has 2 unspecified atom stereocenters. The Kier molecular flexibility index (Phi) is 10.3. The molecule has 3 aromatic rings. The van der Waals surface area contributed by atoms with Crippen molar-refractivity contribution in [2.45, 2.75) is 43.8 Å². The zero-order chi connectivity index (χ0) is 31.4. The second kappa shape index (κ2) is 13.6. The van der Waals surface area contributed by atoms with Crippen LogP contribution in [-0.2, 0) is 38.7 Å². The number of carboxylic acid groups (broad SMARTS) is 1. The summed E-state index contributed by atoms with van der Waals surface area (Å²) >= 11 is 0. The lowest BCUT2D eigenvalue weighted by Gasteiger charge is -2.19. The monoisotopic (exact) mass is 641 g/mol. The largest absolute Gasteiger partial charge is 0.481 e. The summed E-state index contributed by atoms with van der Waals surface area (Å²) in [7, 11) is -9.90. The number of phosphoric acid groups is 1. The number of rotatable bonds is 13. The van der Waals surface area contributed by atoms with Gasteiger partial charge in [0, 0.05) is 12.6 Å². The Balaban J connectivity index is 1.35. The van der Waals surface area contributed by atoms with E-state index in [-0.39, 0.29) is 18.7 Å². The van der Waals surface area contributed by atoms with Gasteiger partial charge in [-0.05, 0) is 28.8 Å². The maximum atomic E-state index is 12.7. The summed E-state index contributed by atoms with van der Waals surface area (Å²) in [6.07, 6.45) is -6.79. The van der Waals surface area contributed by atoms with Crippen molar-refractivity contribution in [3.05, 3.63) is 70.8 Å². The van der Waals surface area contributed by atoms with Gasteiger partial charge < -0.3 is 35.2 Å². The van der Waals surface area contributed by atoms with Crippen LogP contribution in [0.5, 0.6) is 0 Å². The number of hydrogen-bond donors (Lipinski definition) is 6. The van der Waals surface area contributed by atoms with E-state index in [9.17, 15) is 43.5 Å². The fraction of sp³-hybridized carbons (Fsp3) is 0.360. The molecule has 1 aliphatic heterocycles. The number of carbonyl (C=O) groups excluding carboxylic acids is 1. The first kappa shape index (κ1) is 32.6. The molecule has 1 fully saturated rings. The smallest absolute Gasteiger partial charge is 0.479 e. The highest BCUT2D eigenvalue weighted by atomic mass is 31.3. The molecule has 1 aromatic heterocycles. The fourth-order valence-corrected chi connectivity index (χ4v) is 7.10. The van der Waals surface area contributed by atoms with E-state index in [0.717, 1.165) is 27.1 Å². The quantitative estimate of drug-likeness (QED) is 0.145. The number of aromatic nitrogens is 2. The van der Waals surface area contributed by atoms with Crippen molar-refractivity contribution in [3.8, 4) is 0 Å². The summed E-state index contributed by atoms with van der Waals surface area (Å²) in [6.45, 7) is -0.901. The first-order valence-electron chi connectivity index (χ1n) is 12.8. The highest BCUT2D eigenvalue weighted by molar-refractivity contribution is 7.64. The topological polar surface area (TPSA) is 244 Å². The third-order valence-corrected chi connectivity index (χ3v) is 9.61. The zero-order valence-electron chi connectivity index (χ0n) is 22.3. The Bertz CT molecular complexity index is 1640. The SMILES string of the molecule is O=C(O)CCCP(=O)(O)OP(=O)(O)OC[C@H]1O[C@@H](n2ccc(NC(=O)Cc3cccc4ccccc34)nc2=O)[C@H](O)[C@@H]1O. The van der Waals surface area contributed by atoms with E-state index in [1.807, 2.05) is 42.5 Å². The number of nitrogens with one attached hydrogen (secondary N) is 1. The number of nitrogens with zero attached hydrogens (tertiary/aromatic N) is 2. The molecule has 4 rings (SSSR count). The molecule has 0 spiro atoms. The van der Waals surface area contributed by atoms with Crippen LogP contribution in [0.15, 0.2) is 59.5 Å². The van der Waals surface area contributed by atoms with Gasteiger partial charge in [0.1, 0.15) is 24.1 Å². The molecular formula is C25H29N3O13P2. The standard InChI is InChI=1S/C25H29N3O13P2/c29-20(13-16-7-3-6-15-5-1-2-8-17(15)16)26-19-10-11-28(25(34)27-19)24-23(33)22(32)18(40-24)14-39-43(37,38)41-42(35,36)12-4-9-21(30)31/h1-3,5-8,10-11,18,22-24,32-33H,4,9,12-14H2,(H,30,31)(H,35,36)(H,37,38)(H,26,27,29,34)/t18-,22-,23-,24-/m1/s1. The van der Waals surface area contributed by atoms with Gasteiger partial charge in [-0.3, -0.25) is 23.2 Å². The van der Waals surface area contributed by atoms with E-state index in [0.29, 0.717) is 0 Å². The number of carbonyl (C=O) groups is 2. The number of amides is 1. The highest BCUT2D eigenvalue weighted by Crippen LogP contribution is 2.60. The van der Waals surface area contributed by atoms with Crippen molar-refractivity contribution in [2.24, 2.45) is 0 Å². The number of carboxylic acids is 1. The first-order chi connectivity index (χ1) is 20.2. The Morgan fingerprint density at radius 1 is 1.05 bits per heavy atom. The van der Waals surface area contributed by atoms with Gasteiger partial charge in [0.05, 0.1) is 19.2 Å². The number of aliphatic hydroxyl groups is 2. The van der Waals surface area contributed by atoms with E-state index in [1.165, 1.54) is 6.07 Å². The molecule has 1 saturated heterocycles. The Morgan fingerprint density at radius 2 is 1.77 bits per heavy atom. The summed E-state index contributed by atoms with van der Waals surface area (Å²) in [4.78, 5) is 59.2. The number of benzene rings is 2. The van der Waals surface area contributed by atoms with Crippen LogP contribution >= 0.6 is 15.4 Å². The van der Waals surface area contributed by atoms with Crippen molar-refractivity contribution in [1.82, 2.24) is 9.55 Å². The van der Waals surface area contributed by atoms with Crippen LogP contribution in [0.25, 0.3) is 10.8 Å². The minimum Gasteiger partial charge on any atom is -0.481 e. The number of aliphatic carboxylic acids is 1. The predicted octanol–water partition coefficient (Wildman–Crippen LogP) is 1.38. The van der Waals surface area contributed by atoms with E-state index in [4.69, 9.17) is 9.84 Å². The Morgan fingerprint density at radius 3 is 2.49 bits per heavy atom. The van der Waals surface area contributed by atoms with Gasteiger partial charge in [-0.15, -0.1) is 0 Å². The van der Waals surface area contributed by atoms with Crippen LogP contribution in [0.1, 0.15) is 24.6 Å². The third-order valence-electron chi connectivity index (χ3n) is 6.40. The van der Waals surface area contributed by atoms with Crippen LogP contribution in [0.4, 0.5) is 5.82 Å². The lowest BCUT2D eigenvalue weighted by Crippen LogP contribution is -2.36. The molecule has 232 valence electrons. The maximum Gasteiger partial charge on any atom is 0.479 e. The first-order valence-corrected chi connectivity index (χ1v) is 16.1. The van der Waals surface area contributed by atoms with Crippen molar-refractivity contribution in [1.29, 1.82) is 0 Å². The number of aliphatic hydroxyl groups excluding tert-OH is 2. The summed E-state index contributed by atoms with van der Waals surface area (Å²) < 4.78 is 39.3. The van der Waals surface area contributed by atoms with Crippen LogP contribution in [0.3, 0.4) is 0 Å². The van der Waals surface area contributed by atoms with Gasteiger partial charge in [-0.1, -0.05) is 42.5 Å². The normalized spacial score (nSPS) is 23.0. The molecule has 6 N–H and O–H groups in total. The average molecular weight is 641 g/mol. The van der Waals surface area contributed by atoms with Crippen LogP contribution in [-0.4, -0.2) is 77.6 Å². The lowest BCUT2D eigenvalue weighted by molar-refractivity contribution is -0.137. The van der Waals surface area contributed by atoms with Gasteiger partial charge in [0.25, 0.3) is 0 Å². The minimum absolute atomic E-state index is 0.0109. The van der Waals surface area contributed by atoms with E-state index in [1.54, 1.807) is 0 Å². The Labute approximate surface area is 243 Å². The van der Waals surface area contributed by atoms with Crippen LogP contribution in [0.2, 0.25) is 0 Å². The maximum absolute atomic E-state index is 12.7. The van der Waals surface area contributed by atoms with E-state index < -0.39 is 76.7 Å². The molecule has 16 nitrogen and oxygen atoms in total. The van der Waals surface area contributed by atoms with Crippen LogP contribution < -0.4 is 11.0 Å². The van der Waals surface area contributed by atoms with Gasteiger partial charge >= 0.3 is 27.1 Å². The molecule has 2 heterocycles. The molecule has 0 saturated carbocycles. The number of anilines is 1. The van der Waals surface area contributed by atoms with E-state index >= 15 is 0 Å². The average Bonchev–Trinajstić information content (AvgIpc) is 3.20. The predicted molar refractivity (Wildman–Crippen MR) is 149 cm³/mol. The minimum atomic E-state index is -5.19. The summed E-state index contributed by atoms with van der Waals surface area (Å²) in [6, 6.07) is 14.4. The third kappa shape index (κ3) is 8.63. The lowest BCUT2D eigenvalue weighted by atomic mass is 10.0. The molecule has 1 aliphatic rings. The van der Waals surface area contributed by atoms with Crippen molar-refractivity contribution < 1.29 is 57.4 Å². The van der Waals surface area contributed by atoms with Crippen molar-refractivity contribution in [2.75, 3.05) is 18.1 Å². The van der Waals surface area contributed by atoms with Gasteiger partial charge in [-0.25, -0.2) is 13.7 Å². The molecule has 2 aromatic carbocycles.